The van der Waals surface area contributed by atoms with Crippen molar-refractivity contribution in [2.24, 2.45) is 0 Å². The van der Waals surface area contributed by atoms with Gasteiger partial charge in [-0.1, -0.05) is 78.3 Å². The molecule has 0 saturated heterocycles. The van der Waals surface area contributed by atoms with Gasteiger partial charge in [0.1, 0.15) is 0 Å². The summed E-state index contributed by atoms with van der Waals surface area (Å²) in [5.41, 5.74) is 3.69. The largest absolute Gasteiger partial charge is 0.326 e. The quantitative estimate of drug-likeness (QED) is 0.283. The molecule has 0 unspecified atom stereocenters. The molecule has 5 nitrogen and oxygen atoms in total. The lowest BCUT2D eigenvalue weighted by molar-refractivity contribution is -0.116. The van der Waals surface area contributed by atoms with Crippen molar-refractivity contribution in [2.75, 3.05) is 10.0 Å². The number of sulfonamides is 1. The Hall–Kier alpha value is -3.61. The second-order valence-electron chi connectivity index (χ2n) is 8.22. The van der Waals surface area contributed by atoms with Crippen LogP contribution in [0.15, 0.2) is 108 Å². The second kappa shape index (κ2) is 10.8. The lowest BCUT2D eigenvalue weighted by Crippen LogP contribution is -2.18. The average molecular weight is 505 g/mol. The Kier molecular flexibility index (Phi) is 7.54. The van der Waals surface area contributed by atoms with Crippen molar-refractivity contribution in [3.63, 3.8) is 0 Å². The zero-order valence-electron chi connectivity index (χ0n) is 19.1. The molecule has 7 heteroatoms. The van der Waals surface area contributed by atoms with Crippen LogP contribution in [-0.2, 0) is 14.8 Å². The van der Waals surface area contributed by atoms with Crippen LogP contribution < -0.4 is 10.0 Å². The summed E-state index contributed by atoms with van der Waals surface area (Å²) in [6.45, 7) is 1.82. The Bertz CT molecular complexity index is 1370. The molecular formula is C28H25ClN2O3S. The maximum Gasteiger partial charge on any atom is 0.261 e. The molecule has 0 spiro atoms. The van der Waals surface area contributed by atoms with Crippen LogP contribution in [0, 0.1) is 6.92 Å². The molecule has 0 aliphatic heterocycles. The first-order valence-corrected chi connectivity index (χ1v) is 13.0. The highest BCUT2D eigenvalue weighted by atomic mass is 35.5. The Labute approximate surface area is 210 Å². The first kappa shape index (κ1) is 24.5. The third kappa shape index (κ3) is 6.29. The van der Waals surface area contributed by atoms with Gasteiger partial charge in [0, 0.05) is 28.7 Å². The third-order valence-electron chi connectivity index (χ3n) is 5.68. The lowest BCUT2D eigenvalue weighted by atomic mass is 9.88. The van der Waals surface area contributed by atoms with Gasteiger partial charge in [0.05, 0.1) is 4.90 Å². The number of carbonyl (C=O) groups excluding carboxylic acids is 1. The minimum Gasteiger partial charge on any atom is -0.326 e. The van der Waals surface area contributed by atoms with Crippen LogP contribution in [-0.4, -0.2) is 14.3 Å². The molecule has 35 heavy (non-hydrogen) atoms. The molecule has 0 aliphatic carbocycles. The fraction of sp³-hybridized carbons (Fsp3) is 0.107. The van der Waals surface area contributed by atoms with Gasteiger partial charge in [0.15, 0.2) is 0 Å². The maximum absolute atomic E-state index is 13.1. The van der Waals surface area contributed by atoms with Gasteiger partial charge in [-0.05, 0) is 60.0 Å². The summed E-state index contributed by atoms with van der Waals surface area (Å²) in [7, 11) is -3.85. The predicted octanol–water partition coefficient (Wildman–Crippen LogP) is 6.61. The molecule has 0 aliphatic rings. The summed E-state index contributed by atoms with van der Waals surface area (Å²) < 4.78 is 28.4. The van der Waals surface area contributed by atoms with Crippen molar-refractivity contribution in [3.05, 3.63) is 125 Å². The molecule has 4 aromatic rings. The van der Waals surface area contributed by atoms with Gasteiger partial charge in [-0.3, -0.25) is 9.52 Å². The van der Waals surface area contributed by atoms with E-state index in [0.717, 1.165) is 16.7 Å². The third-order valence-corrected chi connectivity index (χ3v) is 7.31. The van der Waals surface area contributed by atoms with Crippen LogP contribution in [0.3, 0.4) is 0 Å². The van der Waals surface area contributed by atoms with Gasteiger partial charge >= 0.3 is 0 Å². The highest BCUT2D eigenvalue weighted by Crippen LogP contribution is 2.29. The molecule has 0 heterocycles. The summed E-state index contributed by atoms with van der Waals surface area (Å²) >= 11 is 5.88. The maximum atomic E-state index is 13.1. The van der Waals surface area contributed by atoms with E-state index in [4.69, 9.17) is 11.6 Å². The number of hydrogen-bond acceptors (Lipinski definition) is 3. The van der Waals surface area contributed by atoms with E-state index in [2.05, 4.69) is 10.0 Å². The zero-order valence-corrected chi connectivity index (χ0v) is 20.7. The lowest BCUT2D eigenvalue weighted by Gasteiger charge is -2.19. The van der Waals surface area contributed by atoms with Crippen molar-refractivity contribution in [3.8, 4) is 0 Å². The highest BCUT2D eigenvalue weighted by Gasteiger charge is 2.20. The zero-order chi connectivity index (χ0) is 24.8. The Balaban J connectivity index is 1.55. The summed E-state index contributed by atoms with van der Waals surface area (Å²) in [5.74, 6) is -0.331. The fourth-order valence-corrected chi connectivity index (χ4v) is 5.03. The normalized spacial score (nSPS) is 11.3. The van der Waals surface area contributed by atoms with Crippen molar-refractivity contribution in [2.45, 2.75) is 24.2 Å². The number of halogens is 1. The molecule has 4 rings (SSSR count). The molecule has 0 atom stereocenters. The average Bonchev–Trinajstić information content (AvgIpc) is 2.86. The molecule has 0 aromatic heterocycles. The Morgan fingerprint density at radius 2 is 1.40 bits per heavy atom. The van der Waals surface area contributed by atoms with Crippen LogP contribution in [0.2, 0.25) is 5.02 Å². The van der Waals surface area contributed by atoms with E-state index in [1.165, 1.54) is 12.1 Å². The molecular weight excluding hydrogens is 480 g/mol. The number of rotatable bonds is 8. The van der Waals surface area contributed by atoms with Crippen molar-refractivity contribution < 1.29 is 13.2 Å². The summed E-state index contributed by atoms with van der Waals surface area (Å²) in [6, 6.07) is 30.8. The van der Waals surface area contributed by atoms with Crippen LogP contribution in [0.1, 0.15) is 29.0 Å². The molecule has 0 bridgehead atoms. The fourth-order valence-electron chi connectivity index (χ4n) is 3.82. The van der Waals surface area contributed by atoms with Gasteiger partial charge in [-0.25, -0.2) is 8.42 Å². The summed E-state index contributed by atoms with van der Waals surface area (Å²) in [5, 5.41) is 3.43. The van der Waals surface area contributed by atoms with Crippen molar-refractivity contribution in [1.29, 1.82) is 0 Å². The molecule has 4 aromatic carbocycles. The van der Waals surface area contributed by atoms with E-state index in [1.807, 2.05) is 67.6 Å². The topological polar surface area (TPSA) is 75.3 Å². The van der Waals surface area contributed by atoms with Gasteiger partial charge in [0.25, 0.3) is 10.0 Å². The van der Waals surface area contributed by atoms with E-state index in [-0.39, 0.29) is 23.1 Å². The molecule has 0 radical (unpaired) electrons. The standard InChI is InChI=1S/C28H25ClN2O3S/c1-20-12-17-25(35(33,34)31-24-15-13-23(29)14-16-24)18-27(20)30-28(32)19-26(21-8-4-2-5-9-21)22-10-6-3-7-11-22/h2-18,26,31H,19H2,1H3,(H,30,32). The molecule has 2 N–H and O–H groups in total. The number of benzene rings is 4. The summed E-state index contributed by atoms with van der Waals surface area (Å²) in [6.07, 6.45) is 0.216. The number of anilines is 2. The van der Waals surface area contributed by atoms with Crippen molar-refractivity contribution in [1.82, 2.24) is 0 Å². The SMILES string of the molecule is Cc1ccc(S(=O)(=O)Nc2ccc(Cl)cc2)cc1NC(=O)CC(c1ccccc1)c1ccccc1. The van der Waals surface area contributed by atoms with E-state index in [9.17, 15) is 13.2 Å². The van der Waals surface area contributed by atoms with E-state index in [1.54, 1.807) is 30.3 Å². The van der Waals surface area contributed by atoms with E-state index in [0.29, 0.717) is 16.4 Å². The first-order valence-electron chi connectivity index (χ1n) is 11.1. The Morgan fingerprint density at radius 1 is 0.829 bits per heavy atom. The predicted molar refractivity (Wildman–Crippen MR) is 141 cm³/mol. The minimum absolute atomic E-state index is 0.0519. The van der Waals surface area contributed by atoms with Gasteiger partial charge in [-0.15, -0.1) is 0 Å². The molecule has 0 fully saturated rings. The summed E-state index contributed by atoms with van der Waals surface area (Å²) in [4.78, 5) is 13.2. The van der Waals surface area contributed by atoms with Gasteiger partial charge in [-0.2, -0.15) is 0 Å². The van der Waals surface area contributed by atoms with E-state index < -0.39 is 10.0 Å². The monoisotopic (exact) mass is 504 g/mol. The van der Waals surface area contributed by atoms with Crippen molar-refractivity contribution >= 4 is 38.9 Å². The smallest absolute Gasteiger partial charge is 0.261 e. The molecule has 178 valence electrons. The van der Waals surface area contributed by atoms with Crippen LogP contribution in [0.4, 0.5) is 11.4 Å². The van der Waals surface area contributed by atoms with E-state index >= 15 is 0 Å². The first-order chi connectivity index (χ1) is 16.8. The van der Waals surface area contributed by atoms with Gasteiger partial charge in [0.2, 0.25) is 5.91 Å². The number of hydrogen-bond donors (Lipinski definition) is 2. The highest BCUT2D eigenvalue weighted by molar-refractivity contribution is 7.92. The molecule has 0 saturated carbocycles. The second-order valence-corrected chi connectivity index (χ2v) is 10.3. The number of amides is 1. The van der Waals surface area contributed by atoms with Gasteiger partial charge < -0.3 is 5.32 Å². The minimum atomic E-state index is -3.85. The van der Waals surface area contributed by atoms with Crippen LogP contribution in [0.5, 0.6) is 0 Å². The number of aryl methyl sites for hydroxylation is 1. The van der Waals surface area contributed by atoms with Crippen LogP contribution in [0.25, 0.3) is 0 Å². The molecule has 1 amide bonds. The number of nitrogens with one attached hydrogen (secondary N) is 2. The van der Waals surface area contributed by atoms with Crippen LogP contribution >= 0.6 is 11.6 Å². The number of carbonyl (C=O) groups is 1. The Morgan fingerprint density at radius 3 is 1.97 bits per heavy atom.